The molecule has 0 saturated carbocycles. The molecule has 0 fully saturated rings. The number of ether oxygens (including phenoxy) is 3. The van der Waals surface area contributed by atoms with Gasteiger partial charge in [-0.2, -0.15) is 0 Å². The second kappa shape index (κ2) is 8.43. The van der Waals surface area contributed by atoms with Gasteiger partial charge in [0.25, 0.3) is 5.91 Å². The number of fused-ring (bicyclic) bond motifs is 1. The number of carbonyl (C=O) groups is 2. The van der Waals surface area contributed by atoms with Crippen molar-refractivity contribution in [3.8, 4) is 21.9 Å². The van der Waals surface area contributed by atoms with E-state index in [2.05, 4.69) is 0 Å². The Labute approximate surface area is 162 Å². The molecule has 7 heteroatoms. The number of methoxy groups -OCH3 is 1. The smallest absolute Gasteiger partial charge is 0.310 e. The van der Waals surface area contributed by atoms with Crippen LogP contribution >= 0.6 is 11.3 Å². The largest absolute Gasteiger partial charge is 0.486 e. The molecule has 3 rings (SSSR count). The van der Waals surface area contributed by atoms with E-state index in [-0.39, 0.29) is 17.8 Å². The van der Waals surface area contributed by atoms with Gasteiger partial charge in [-0.3, -0.25) is 9.59 Å². The Hall–Kier alpha value is -2.54. The third-order valence-electron chi connectivity index (χ3n) is 4.41. The zero-order valence-corrected chi connectivity index (χ0v) is 16.5. The number of hydrogen-bond donors (Lipinski definition) is 0. The van der Waals surface area contributed by atoms with Crippen molar-refractivity contribution in [1.29, 1.82) is 0 Å². The van der Waals surface area contributed by atoms with Gasteiger partial charge in [0.1, 0.15) is 13.2 Å². The summed E-state index contributed by atoms with van der Waals surface area (Å²) >= 11 is 1.43. The first-order chi connectivity index (χ1) is 13.0. The molecular weight excluding hydrogens is 366 g/mol. The predicted molar refractivity (Wildman–Crippen MR) is 104 cm³/mol. The molecule has 1 aliphatic heterocycles. The fraction of sp³-hybridized carbons (Fsp3) is 0.400. The van der Waals surface area contributed by atoms with E-state index >= 15 is 0 Å². The van der Waals surface area contributed by atoms with Crippen LogP contribution in [0.4, 0.5) is 0 Å². The summed E-state index contributed by atoms with van der Waals surface area (Å²) in [5.74, 6) is 0.705. The number of benzene rings is 1. The Morgan fingerprint density at radius 3 is 2.63 bits per heavy atom. The Kier molecular flexibility index (Phi) is 6.01. The lowest BCUT2D eigenvalue weighted by Gasteiger charge is -2.22. The Morgan fingerprint density at radius 2 is 1.93 bits per heavy atom. The zero-order valence-electron chi connectivity index (χ0n) is 15.7. The van der Waals surface area contributed by atoms with Gasteiger partial charge in [-0.15, -0.1) is 11.3 Å². The van der Waals surface area contributed by atoms with Crippen molar-refractivity contribution in [2.24, 2.45) is 5.92 Å². The van der Waals surface area contributed by atoms with Crippen LogP contribution in [0.2, 0.25) is 0 Å². The van der Waals surface area contributed by atoms with Gasteiger partial charge in [-0.1, -0.05) is 6.92 Å². The standard InChI is InChI=1S/C20H23NO5S/c1-4-21(12-13(2)20(23)24-3)19(22)18-8-7-17(27-18)14-5-6-15-16(11-14)26-10-9-25-15/h5-8,11,13H,4,9-10,12H2,1-3H3/t13-/m0/s1. The third-order valence-corrected chi connectivity index (χ3v) is 5.53. The number of rotatable bonds is 6. The van der Waals surface area contributed by atoms with Crippen molar-refractivity contribution in [2.45, 2.75) is 13.8 Å². The van der Waals surface area contributed by atoms with Crippen LogP contribution in [0.25, 0.3) is 10.4 Å². The van der Waals surface area contributed by atoms with E-state index in [0.717, 1.165) is 21.9 Å². The van der Waals surface area contributed by atoms with Gasteiger partial charge in [-0.05, 0) is 42.8 Å². The fourth-order valence-electron chi connectivity index (χ4n) is 2.92. The van der Waals surface area contributed by atoms with Gasteiger partial charge in [0.2, 0.25) is 0 Å². The molecule has 6 nitrogen and oxygen atoms in total. The van der Waals surface area contributed by atoms with Crippen LogP contribution in [0, 0.1) is 5.92 Å². The molecule has 1 aromatic carbocycles. The summed E-state index contributed by atoms with van der Waals surface area (Å²) in [5.41, 5.74) is 0.981. The molecule has 0 N–H and O–H groups in total. The van der Waals surface area contributed by atoms with Gasteiger partial charge >= 0.3 is 5.97 Å². The summed E-state index contributed by atoms with van der Waals surface area (Å²) in [6, 6.07) is 9.54. The second-order valence-electron chi connectivity index (χ2n) is 6.29. The van der Waals surface area contributed by atoms with Gasteiger partial charge < -0.3 is 19.1 Å². The minimum Gasteiger partial charge on any atom is -0.486 e. The molecule has 1 atom stereocenters. The summed E-state index contributed by atoms with van der Waals surface area (Å²) in [7, 11) is 1.36. The van der Waals surface area contributed by atoms with Gasteiger partial charge in [0.05, 0.1) is 17.9 Å². The SMILES string of the molecule is CCN(C[C@H](C)C(=O)OC)C(=O)c1ccc(-c2ccc3c(c2)OCCO3)s1. The highest BCUT2D eigenvalue weighted by Gasteiger charge is 2.23. The average molecular weight is 389 g/mol. The maximum atomic E-state index is 12.8. The molecule has 2 aromatic rings. The van der Waals surface area contributed by atoms with Crippen molar-refractivity contribution >= 4 is 23.2 Å². The number of esters is 1. The zero-order chi connectivity index (χ0) is 19.4. The maximum absolute atomic E-state index is 12.8. The van der Waals surface area contributed by atoms with E-state index in [1.54, 1.807) is 11.8 Å². The molecule has 0 spiro atoms. The quantitative estimate of drug-likeness (QED) is 0.708. The molecule has 0 aliphatic carbocycles. The lowest BCUT2D eigenvalue weighted by molar-refractivity contribution is -0.145. The Balaban J connectivity index is 1.76. The van der Waals surface area contributed by atoms with Crippen molar-refractivity contribution in [3.05, 3.63) is 35.2 Å². The predicted octanol–water partition coefficient (Wildman–Crippen LogP) is 3.46. The summed E-state index contributed by atoms with van der Waals surface area (Å²) in [5, 5.41) is 0. The van der Waals surface area contributed by atoms with Crippen molar-refractivity contribution in [2.75, 3.05) is 33.4 Å². The normalized spacial score (nSPS) is 13.7. The minimum absolute atomic E-state index is 0.0814. The van der Waals surface area contributed by atoms with Crippen LogP contribution in [0.5, 0.6) is 11.5 Å². The lowest BCUT2D eigenvalue weighted by atomic mass is 10.1. The molecule has 144 valence electrons. The second-order valence-corrected chi connectivity index (χ2v) is 7.37. The average Bonchev–Trinajstić information content (AvgIpc) is 3.20. The first-order valence-electron chi connectivity index (χ1n) is 8.90. The lowest BCUT2D eigenvalue weighted by Crippen LogP contribution is -2.36. The number of hydrogen-bond acceptors (Lipinski definition) is 6. The molecule has 1 amide bonds. The molecule has 27 heavy (non-hydrogen) atoms. The highest BCUT2D eigenvalue weighted by Crippen LogP contribution is 2.37. The van der Waals surface area contributed by atoms with Crippen LogP contribution in [0.15, 0.2) is 30.3 Å². The molecule has 1 aliphatic rings. The molecule has 0 saturated heterocycles. The van der Waals surface area contributed by atoms with E-state index in [9.17, 15) is 9.59 Å². The van der Waals surface area contributed by atoms with Crippen LogP contribution in [0.3, 0.4) is 0 Å². The number of nitrogens with zero attached hydrogens (tertiary/aromatic N) is 1. The van der Waals surface area contributed by atoms with Gasteiger partial charge in [0, 0.05) is 18.0 Å². The Bertz CT molecular complexity index is 832. The fourth-order valence-corrected chi connectivity index (χ4v) is 3.89. The first-order valence-corrected chi connectivity index (χ1v) is 9.72. The Morgan fingerprint density at radius 1 is 1.19 bits per heavy atom. The molecular formula is C20H23NO5S. The van der Waals surface area contributed by atoms with E-state index in [4.69, 9.17) is 14.2 Å². The minimum atomic E-state index is -0.365. The number of thiophene rings is 1. The van der Waals surface area contributed by atoms with Gasteiger partial charge in [0.15, 0.2) is 11.5 Å². The highest BCUT2D eigenvalue weighted by atomic mass is 32.1. The van der Waals surface area contributed by atoms with E-state index in [0.29, 0.717) is 31.2 Å². The number of carbonyl (C=O) groups excluding carboxylic acids is 2. The highest BCUT2D eigenvalue weighted by molar-refractivity contribution is 7.17. The van der Waals surface area contributed by atoms with E-state index in [1.807, 2.05) is 37.3 Å². The summed E-state index contributed by atoms with van der Waals surface area (Å²) < 4.78 is 15.9. The van der Waals surface area contributed by atoms with E-state index < -0.39 is 0 Å². The van der Waals surface area contributed by atoms with Crippen LogP contribution < -0.4 is 9.47 Å². The number of amides is 1. The molecule has 0 unspecified atom stereocenters. The van der Waals surface area contributed by atoms with Crippen molar-refractivity contribution < 1.29 is 23.8 Å². The summed E-state index contributed by atoms with van der Waals surface area (Å²) in [6.45, 7) is 5.61. The van der Waals surface area contributed by atoms with Crippen LogP contribution in [-0.4, -0.2) is 50.2 Å². The third kappa shape index (κ3) is 4.24. The van der Waals surface area contributed by atoms with E-state index in [1.165, 1.54) is 18.4 Å². The van der Waals surface area contributed by atoms with Crippen LogP contribution in [-0.2, 0) is 9.53 Å². The van der Waals surface area contributed by atoms with Crippen molar-refractivity contribution in [3.63, 3.8) is 0 Å². The topological polar surface area (TPSA) is 65.1 Å². The first kappa shape index (κ1) is 19.2. The summed E-state index contributed by atoms with van der Waals surface area (Å²) in [6.07, 6.45) is 0. The van der Waals surface area contributed by atoms with Gasteiger partial charge in [-0.25, -0.2) is 0 Å². The summed E-state index contributed by atoms with van der Waals surface area (Å²) in [4.78, 5) is 27.8. The van der Waals surface area contributed by atoms with Crippen molar-refractivity contribution in [1.82, 2.24) is 4.90 Å². The molecule has 1 aromatic heterocycles. The monoisotopic (exact) mass is 389 g/mol. The molecule has 0 bridgehead atoms. The van der Waals surface area contributed by atoms with Crippen LogP contribution in [0.1, 0.15) is 23.5 Å². The molecule has 2 heterocycles. The molecule has 0 radical (unpaired) electrons. The maximum Gasteiger partial charge on any atom is 0.310 e.